The second-order valence-electron chi connectivity index (χ2n) is 3.27. The van der Waals surface area contributed by atoms with Crippen LogP contribution in [0.3, 0.4) is 0 Å². The first-order chi connectivity index (χ1) is 9.19. The molecule has 0 saturated heterocycles. The summed E-state index contributed by atoms with van der Waals surface area (Å²) in [6, 6.07) is 2.82. The Balaban J connectivity index is 1.87. The molecule has 0 fully saturated rings. The minimum absolute atomic E-state index is 0.00674. The lowest BCUT2D eigenvalue weighted by Gasteiger charge is -2.00. The first-order valence-electron chi connectivity index (χ1n) is 5.21. The normalized spacial score (nSPS) is 10.2. The molecule has 2 aromatic heterocycles. The lowest BCUT2D eigenvalue weighted by atomic mass is 10.5. The monoisotopic (exact) mass is 282 g/mol. The molecule has 0 aliphatic rings. The van der Waals surface area contributed by atoms with E-state index >= 15 is 0 Å². The zero-order valence-electron chi connectivity index (χ0n) is 9.87. The van der Waals surface area contributed by atoms with Crippen LogP contribution in [0.4, 0.5) is 4.79 Å². The van der Waals surface area contributed by atoms with Crippen LogP contribution >= 0.6 is 11.8 Å². The van der Waals surface area contributed by atoms with Crippen LogP contribution in [-0.2, 0) is 4.79 Å². The maximum atomic E-state index is 11.3. The van der Waals surface area contributed by atoms with Crippen molar-refractivity contribution in [2.24, 2.45) is 0 Å². The van der Waals surface area contributed by atoms with Crippen LogP contribution in [0.5, 0.6) is 0 Å². The van der Waals surface area contributed by atoms with Crippen LogP contribution in [0.15, 0.2) is 32.5 Å². The van der Waals surface area contributed by atoms with E-state index in [1.54, 1.807) is 12.1 Å². The number of carbonyl (C=O) groups is 2. The Hall–Kier alpha value is -2.29. The van der Waals surface area contributed by atoms with Crippen LogP contribution in [0.25, 0.3) is 11.7 Å². The van der Waals surface area contributed by atoms with Gasteiger partial charge in [-0.15, -0.1) is 10.2 Å². The zero-order chi connectivity index (χ0) is 13.7. The summed E-state index contributed by atoms with van der Waals surface area (Å²) < 4.78 is 10.4. The van der Waals surface area contributed by atoms with Gasteiger partial charge in [0.05, 0.1) is 12.0 Å². The fourth-order valence-electron chi connectivity index (χ4n) is 1.12. The highest BCUT2D eigenvalue weighted by atomic mass is 32.2. The third-order valence-electron chi connectivity index (χ3n) is 1.95. The summed E-state index contributed by atoms with van der Waals surface area (Å²) in [4.78, 5) is 22.2. The van der Waals surface area contributed by atoms with Crippen molar-refractivity contribution in [3.63, 3.8) is 0 Å². The van der Waals surface area contributed by atoms with Gasteiger partial charge in [0, 0.05) is 7.05 Å². The molecule has 0 saturated carbocycles. The van der Waals surface area contributed by atoms with E-state index in [9.17, 15) is 9.59 Å². The molecule has 0 bridgehead atoms. The number of carbonyl (C=O) groups excluding carboxylic acids is 2. The fourth-order valence-corrected chi connectivity index (χ4v) is 1.68. The molecule has 8 nitrogen and oxygen atoms in total. The molecule has 100 valence electrons. The maximum Gasteiger partial charge on any atom is 0.321 e. The number of hydrogen-bond acceptors (Lipinski definition) is 7. The summed E-state index contributed by atoms with van der Waals surface area (Å²) >= 11 is 1.03. The van der Waals surface area contributed by atoms with E-state index in [4.69, 9.17) is 8.83 Å². The first-order valence-corrected chi connectivity index (χ1v) is 6.19. The highest BCUT2D eigenvalue weighted by Gasteiger charge is 2.13. The average molecular weight is 282 g/mol. The van der Waals surface area contributed by atoms with E-state index in [0.29, 0.717) is 5.76 Å². The van der Waals surface area contributed by atoms with Gasteiger partial charge < -0.3 is 14.2 Å². The van der Waals surface area contributed by atoms with Crippen LogP contribution in [0.1, 0.15) is 0 Å². The number of rotatable bonds is 4. The summed E-state index contributed by atoms with van der Waals surface area (Å²) in [5.41, 5.74) is 0. The Labute approximate surface area is 111 Å². The van der Waals surface area contributed by atoms with Crippen LogP contribution in [-0.4, -0.2) is 34.9 Å². The van der Waals surface area contributed by atoms with Crippen molar-refractivity contribution in [3.8, 4) is 11.7 Å². The molecule has 0 spiro atoms. The highest BCUT2D eigenvalue weighted by molar-refractivity contribution is 7.99. The minimum Gasteiger partial charge on any atom is -0.459 e. The van der Waals surface area contributed by atoms with E-state index < -0.39 is 11.9 Å². The highest BCUT2D eigenvalue weighted by Crippen LogP contribution is 2.22. The van der Waals surface area contributed by atoms with Crippen molar-refractivity contribution in [2.45, 2.75) is 5.22 Å². The molecule has 0 aromatic carbocycles. The summed E-state index contributed by atoms with van der Waals surface area (Å²) in [5.74, 6) is 0.225. The Morgan fingerprint density at radius 2 is 2.26 bits per heavy atom. The van der Waals surface area contributed by atoms with Crippen LogP contribution in [0, 0.1) is 0 Å². The van der Waals surface area contributed by atoms with Gasteiger partial charge in [0.25, 0.3) is 11.1 Å². The predicted octanol–water partition coefficient (Wildman–Crippen LogP) is 0.877. The first kappa shape index (κ1) is 13.1. The number of nitrogens with one attached hydrogen (secondary N) is 2. The number of furan rings is 1. The van der Waals surface area contributed by atoms with Gasteiger partial charge in [-0.2, -0.15) is 0 Å². The molecule has 9 heteroatoms. The molecule has 2 N–H and O–H groups in total. The SMILES string of the molecule is CNC(=O)NC(=O)CSc1nnc(-c2ccco2)o1. The second-order valence-corrected chi connectivity index (χ2v) is 4.19. The molecule has 0 radical (unpaired) electrons. The largest absolute Gasteiger partial charge is 0.459 e. The quantitative estimate of drug-likeness (QED) is 0.801. The molecule has 2 aromatic rings. The van der Waals surface area contributed by atoms with Crippen molar-refractivity contribution in [2.75, 3.05) is 12.8 Å². The smallest absolute Gasteiger partial charge is 0.321 e. The third kappa shape index (κ3) is 3.58. The lowest BCUT2D eigenvalue weighted by Crippen LogP contribution is -2.38. The van der Waals surface area contributed by atoms with Crippen molar-refractivity contribution in [1.29, 1.82) is 0 Å². The molecule has 0 aliphatic carbocycles. The summed E-state index contributed by atoms with van der Waals surface area (Å²) in [6.07, 6.45) is 1.49. The second kappa shape index (κ2) is 6.05. The zero-order valence-corrected chi connectivity index (χ0v) is 10.7. The number of urea groups is 1. The van der Waals surface area contributed by atoms with E-state index in [2.05, 4.69) is 20.8 Å². The molecule has 0 aliphatic heterocycles. The van der Waals surface area contributed by atoms with Gasteiger partial charge in [-0.1, -0.05) is 11.8 Å². The van der Waals surface area contributed by atoms with Gasteiger partial charge in [0.2, 0.25) is 5.91 Å². The van der Waals surface area contributed by atoms with Gasteiger partial charge in [-0.25, -0.2) is 4.79 Å². The minimum atomic E-state index is -0.563. The standard InChI is InChI=1S/C10H10N4O4S/c1-11-9(16)12-7(15)5-19-10-14-13-8(18-10)6-3-2-4-17-6/h2-4H,5H2,1H3,(H2,11,12,15,16). The van der Waals surface area contributed by atoms with Crippen LogP contribution in [0.2, 0.25) is 0 Å². The number of aromatic nitrogens is 2. The average Bonchev–Trinajstić information content (AvgIpc) is 3.06. The molecule has 0 unspecified atom stereocenters. The fraction of sp³-hybridized carbons (Fsp3) is 0.200. The Bertz CT molecular complexity index is 566. The maximum absolute atomic E-state index is 11.3. The van der Waals surface area contributed by atoms with Gasteiger partial charge in [-0.3, -0.25) is 10.1 Å². The predicted molar refractivity (Wildman–Crippen MR) is 65.3 cm³/mol. The van der Waals surface area contributed by atoms with E-state index in [1.807, 2.05) is 0 Å². The molecule has 3 amide bonds. The van der Waals surface area contributed by atoms with Crippen molar-refractivity contribution < 1.29 is 18.4 Å². The molecular formula is C10H10N4O4S. The number of amides is 3. The van der Waals surface area contributed by atoms with Crippen molar-refractivity contribution in [3.05, 3.63) is 18.4 Å². The topological polar surface area (TPSA) is 110 Å². The molecule has 19 heavy (non-hydrogen) atoms. The number of imide groups is 1. The van der Waals surface area contributed by atoms with E-state index in [1.165, 1.54) is 13.3 Å². The van der Waals surface area contributed by atoms with Crippen molar-refractivity contribution in [1.82, 2.24) is 20.8 Å². The van der Waals surface area contributed by atoms with E-state index in [-0.39, 0.29) is 16.9 Å². The van der Waals surface area contributed by atoms with Gasteiger partial charge in [0.1, 0.15) is 0 Å². The molecule has 2 heterocycles. The molecular weight excluding hydrogens is 272 g/mol. The number of nitrogens with zero attached hydrogens (tertiary/aromatic N) is 2. The third-order valence-corrected chi connectivity index (χ3v) is 2.76. The molecule has 0 atom stereocenters. The van der Waals surface area contributed by atoms with Gasteiger partial charge in [0.15, 0.2) is 5.76 Å². The van der Waals surface area contributed by atoms with Gasteiger partial charge >= 0.3 is 6.03 Å². The number of thioether (sulfide) groups is 1. The van der Waals surface area contributed by atoms with Crippen LogP contribution < -0.4 is 10.6 Å². The summed E-state index contributed by atoms with van der Waals surface area (Å²) in [7, 11) is 1.42. The summed E-state index contributed by atoms with van der Waals surface area (Å²) in [6.45, 7) is 0. The Kier molecular flexibility index (Phi) is 4.18. The number of hydrogen-bond donors (Lipinski definition) is 2. The van der Waals surface area contributed by atoms with Gasteiger partial charge in [-0.05, 0) is 12.1 Å². The Morgan fingerprint density at radius 3 is 2.95 bits per heavy atom. The Morgan fingerprint density at radius 1 is 1.42 bits per heavy atom. The summed E-state index contributed by atoms with van der Waals surface area (Å²) in [5, 5.41) is 12.1. The molecule has 2 rings (SSSR count). The van der Waals surface area contributed by atoms with Crippen molar-refractivity contribution >= 4 is 23.7 Å². The lowest BCUT2D eigenvalue weighted by molar-refractivity contribution is -0.117. The van der Waals surface area contributed by atoms with E-state index in [0.717, 1.165) is 11.8 Å².